The smallest absolute Gasteiger partial charge is 0.481 e. The van der Waals surface area contributed by atoms with Gasteiger partial charge in [-0.25, -0.2) is 9.59 Å². The Kier molecular flexibility index (Phi) is 7.73. The normalized spacial score (nSPS) is 12.8. The number of carboxylic acids is 1. The van der Waals surface area contributed by atoms with Gasteiger partial charge < -0.3 is 33.7 Å². The van der Waals surface area contributed by atoms with Gasteiger partial charge in [-0.3, -0.25) is 4.79 Å². The zero-order valence-corrected chi connectivity index (χ0v) is 15.7. The minimum Gasteiger partial charge on any atom is -0.481 e. The van der Waals surface area contributed by atoms with Crippen LogP contribution in [0.15, 0.2) is 18.2 Å². The summed E-state index contributed by atoms with van der Waals surface area (Å²) < 4.78 is 24.7. The third kappa shape index (κ3) is 6.22. The first-order valence-corrected chi connectivity index (χ1v) is 8.74. The van der Waals surface area contributed by atoms with Gasteiger partial charge in [0.2, 0.25) is 13.6 Å². The third-order valence-electron chi connectivity index (χ3n) is 3.97. The molecule has 1 aromatic carbocycles. The van der Waals surface area contributed by atoms with Crippen molar-refractivity contribution in [2.75, 3.05) is 26.7 Å². The second kappa shape index (κ2) is 10.2. The van der Waals surface area contributed by atoms with Gasteiger partial charge in [0.05, 0.1) is 6.42 Å². The van der Waals surface area contributed by atoms with E-state index >= 15 is 0 Å². The first-order chi connectivity index (χ1) is 13.4. The van der Waals surface area contributed by atoms with Crippen LogP contribution in [0, 0.1) is 0 Å². The highest BCUT2D eigenvalue weighted by Crippen LogP contribution is 2.33. The number of ether oxygens (including phenoxy) is 5. The summed E-state index contributed by atoms with van der Waals surface area (Å²) >= 11 is 0. The zero-order valence-electron chi connectivity index (χ0n) is 15.7. The molecule has 0 saturated carbocycles. The summed E-state index contributed by atoms with van der Waals surface area (Å²) in [6.07, 6.45) is -1.52. The van der Waals surface area contributed by atoms with E-state index in [4.69, 9.17) is 19.3 Å². The molecule has 0 bridgehead atoms. The minimum absolute atomic E-state index is 0.180. The van der Waals surface area contributed by atoms with E-state index in [1.165, 1.54) is 4.90 Å². The number of amides is 1. The molecule has 1 unspecified atom stereocenters. The van der Waals surface area contributed by atoms with Gasteiger partial charge in [-0.05, 0) is 38.0 Å². The maximum Gasteiger partial charge on any atom is 0.511 e. The second-order valence-electron chi connectivity index (χ2n) is 5.94. The first-order valence-electron chi connectivity index (χ1n) is 8.74. The molecule has 154 valence electrons. The molecule has 1 atom stereocenters. The average molecular weight is 397 g/mol. The largest absolute Gasteiger partial charge is 0.511 e. The summed E-state index contributed by atoms with van der Waals surface area (Å²) in [6, 6.07) is 5.41. The molecule has 0 saturated heterocycles. The van der Waals surface area contributed by atoms with Crippen LogP contribution in [0.5, 0.6) is 11.5 Å². The van der Waals surface area contributed by atoms with E-state index in [0.717, 1.165) is 5.56 Å². The van der Waals surface area contributed by atoms with Crippen LogP contribution in [0.1, 0.15) is 25.8 Å². The molecule has 1 amide bonds. The van der Waals surface area contributed by atoms with Crippen LogP contribution >= 0.6 is 0 Å². The fraction of sp³-hybridized carbons (Fsp3) is 0.500. The Morgan fingerprint density at radius 2 is 1.93 bits per heavy atom. The van der Waals surface area contributed by atoms with Crippen molar-refractivity contribution < 1.29 is 43.2 Å². The van der Waals surface area contributed by atoms with Crippen LogP contribution in [-0.4, -0.2) is 61.0 Å². The van der Waals surface area contributed by atoms with Crippen LogP contribution < -0.4 is 9.47 Å². The zero-order chi connectivity index (χ0) is 20.5. The Morgan fingerprint density at radius 1 is 1.18 bits per heavy atom. The molecular weight excluding hydrogens is 374 g/mol. The van der Waals surface area contributed by atoms with Crippen LogP contribution in [0.3, 0.4) is 0 Å². The lowest BCUT2D eigenvalue weighted by Crippen LogP contribution is -2.40. The number of carboxylic acid groups (broad SMARTS) is 1. The van der Waals surface area contributed by atoms with E-state index < -0.39 is 25.0 Å². The lowest BCUT2D eigenvalue weighted by atomic mass is 10.1. The van der Waals surface area contributed by atoms with Gasteiger partial charge in [0.1, 0.15) is 6.61 Å². The number of nitrogens with zero attached hydrogens (tertiary/aromatic N) is 1. The summed E-state index contributed by atoms with van der Waals surface area (Å²) in [5.41, 5.74) is 0.973. The molecule has 1 aliphatic rings. The Bertz CT molecular complexity index is 706. The van der Waals surface area contributed by atoms with E-state index in [2.05, 4.69) is 9.47 Å². The topological polar surface area (TPSA) is 121 Å². The van der Waals surface area contributed by atoms with Crippen molar-refractivity contribution in [1.29, 1.82) is 0 Å². The molecule has 28 heavy (non-hydrogen) atoms. The molecule has 0 aliphatic carbocycles. The van der Waals surface area contributed by atoms with Crippen molar-refractivity contribution in [2.45, 2.75) is 32.7 Å². The van der Waals surface area contributed by atoms with Crippen molar-refractivity contribution in [3.05, 3.63) is 23.8 Å². The highest BCUT2D eigenvalue weighted by atomic mass is 16.8. The fourth-order valence-corrected chi connectivity index (χ4v) is 2.61. The van der Waals surface area contributed by atoms with Gasteiger partial charge in [0.25, 0.3) is 0 Å². The lowest BCUT2D eigenvalue weighted by molar-refractivity contribution is -0.137. The highest BCUT2D eigenvalue weighted by molar-refractivity contribution is 5.68. The molecule has 10 nitrogen and oxygen atoms in total. The SMILES string of the molecule is CCN(C(=O)OCOC(=O)OCCC(=O)O)C(C)Cc1ccc2c(c1)OCO2. The van der Waals surface area contributed by atoms with Crippen LogP contribution in [0.2, 0.25) is 0 Å². The predicted molar refractivity (Wildman–Crippen MR) is 94.1 cm³/mol. The van der Waals surface area contributed by atoms with E-state index in [0.29, 0.717) is 24.5 Å². The van der Waals surface area contributed by atoms with Crippen molar-refractivity contribution in [3.63, 3.8) is 0 Å². The van der Waals surface area contributed by atoms with Gasteiger partial charge in [-0.15, -0.1) is 0 Å². The summed E-state index contributed by atoms with van der Waals surface area (Å²) in [7, 11) is 0. The summed E-state index contributed by atoms with van der Waals surface area (Å²) in [5.74, 6) is 0.259. The van der Waals surface area contributed by atoms with Gasteiger partial charge in [-0.1, -0.05) is 6.07 Å². The molecular formula is C18H23NO9. The van der Waals surface area contributed by atoms with Crippen molar-refractivity contribution in [3.8, 4) is 11.5 Å². The summed E-state index contributed by atoms with van der Waals surface area (Å²) in [4.78, 5) is 35.3. The number of likely N-dealkylation sites (N-methyl/N-ethyl adjacent to an activating group) is 1. The number of hydrogen-bond donors (Lipinski definition) is 1. The molecule has 1 heterocycles. The standard InChI is InChI=1S/C18H23NO9/c1-3-19(17(22)27-11-28-18(23)24-7-6-16(20)21)12(2)8-13-4-5-14-15(9-13)26-10-25-14/h4-5,9,12H,3,6-8,10-11H2,1-2H3,(H,20,21). The van der Waals surface area contributed by atoms with Crippen molar-refractivity contribution >= 4 is 18.2 Å². The Labute approximate surface area is 161 Å². The molecule has 0 spiro atoms. The maximum atomic E-state index is 12.2. The van der Waals surface area contributed by atoms with Gasteiger partial charge in [0.15, 0.2) is 11.5 Å². The number of carbonyl (C=O) groups is 3. The van der Waals surface area contributed by atoms with Crippen molar-refractivity contribution in [1.82, 2.24) is 4.90 Å². The molecule has 0 aromatic heterocycles. The number of carbonyl (C=O) groups excluding carboxylic acids is 2. The van der Waals surface area contributed by atoms with E-state index in [-0.39, 0.29) is 25.9 Å². The molecule has 0 radical (unpaired) electrons. The van der Waals surface area contributed by atoms with E-state index in [1.54, 1.807) is 6.92 Å². The highest BCUT2D eigenvalue weighted by Gasteiger charge is 2.22. The number of hydrogen-bond acceptors (Lipinski definition) is 8. The molecule has 1 aliphatic heterocycles. The first kappa shape index (κ1) is 21.1. The Balaban J connectivity index is 1.77. The Morgan fingerprint density at radius 3 is 2.64 bits per heavy atom. The minimum atomic E-state index is -1.11. The summed E-state index contributed by atoms with van der Waals surface area (Å²) in [6.45, 7) is 3.32. The molecule has 1 N–H and O–H groups in total. The monoisotopic (exact) mass is 397 g/mol. The maximum absolute atomic E-state index is 12.2. The van der Waals surface area contributed by atoms with Crippen molar-refractivity contribution in [2.24, 2.45) is 0 Å². The number of fused-ring (bicyclic) bond motifs is 1. The average Bonchev–Trinajstić information content (AvgIpc) is 3.09. The molecule has 1 aromatic rings. The third-order valence-corrected chi connectivity index (χ3v) is 3.97. The van der Waals surface area contributed by atoms with Gasteiger partial charge in [0, 0.05) is 12.6 Å². The molecule has 10 heteroatoms. The van der Waals surface area contributed by atoms with Gasteiger partial charge >= 0.3 is 18.2 Å². The van der Waals surface area contributed by atoms with Crippen LogP contribution in [-0.2, 0) is 25.4 Å². The van der Waals surface area contributed by atoms with Crippen LogP contribution in [0.25, 0.3) is 0 Å². The van der Waals surface area contributed by atoms with Gasteiger partial charge in [-0.2, -0.15) is 0 Å². The fourth-order valence-electron chi connectivity index (χ4n) is 2.61. The molecule has 0 fully saturated rings. The van der Waals surface area contributed by atoms with E-state index in [9.17, 15) is 14.4 Å². The van der Waals surface area contributed by atoms with Crippen LogP contribution in [0.4, 0.5) is 9.59 Å². The second-order valence-corrected chi connectivity index (χ2v) is 5.94. The lowest BCUT2D eigenvalue weighted by Gasteiger charge is -2.27. The Hall–Kier alpha value is -3.17. The number of aliphatic carboxylic acids is 1. The summed E-state index contributed by atoms with van der Waals surface area (Å²) in [5, 5.41) is 8.45. The molecule has 2 rings (SSSR count). The number of rotatable bonds is 9. The predicted octanol–water partition coefficient (Wildman–Crippen LogP) is 2.39. The number of benzene rings is 1. The quantitative estimate of drug-likeness (QED) is 0.494. The van der Waals surface area contributed by atoms with E-state index in [1.807, 2.05) is 25.1 Å².